The number of amides is 2. The summed E-state index contributed by atoms with van der Waals surface area (Å²) in [5.41, 5.74) is 0.301. The molecule has 0 spiro atoms. The fraction of sp³-hybridized carbons (Fsp3) is 0.375. The van der Waals surface area contributed by atoms with E-state index in [-0.39, 0.29) is 18.0 Å². The summed E-state index contributed by atoms with van der Waals surface area (Å²) < 4.78 is 0. The van der Waals surface area contributed by atoms with E-state index in [1.807, 2.05) is 17.5 Å². The van der Waals surface area contributed by atoms with Crippen molar-refractivity contribution < 1.29 is 24.3 Å². The normalized spacial score (nSPS) is 22.2. The zero-order chi connectivity index (χ0) is 18.7. The Balaban J connectivity index is 1.70. The van der Waals surface area contributed by atoms with Crippen molar-refractivity contribution >= 4 is 47.1 Å². The third-order valence-corrected chi connectivity index (χ3v) is 6.02. The molecule has 0 saturated carbocycles. The third-order valence-electron chi connectivity index (χ3n) is 3.84. The molecule has 0 bridgehead atoms. The summed E-state index contributed by atoms with van der Waals surface area (Å²) in [5.74, 6) is -1.52. The minimum atomic E-state index is -1.20. The number of oxime groups is 1. The smallest absolute Gasteiger partial charge is 0.353 e. The molecule has 1 aromatic heterocycles. The molecule has 1 unspecified atom stereocenters. The standard InChI is InChI=1S/C16H17N3O5S2/c1-2-24-17-7-9-8-26-15-12(14(21)19(15)13(9)16(22)23)18-11(20)6-10-4-3-5-25-10/h3-5,7,12,15H,2,6,8H2,1H3,(H,18,20)(H,22,23)/t12?,15-/m1/s1. The van der Waals surface area contributed by atoms with E-state index in [0.717, 1.165) is 4.88 Å². The van der Waals surface area contributed by atoms with E-state index in [4.69, 9.17) is 4.84 Å². The lowest BCUT2D eigenvalue weighted by molar-refractivity contribution is -0.150. The molecule has 8 nitrogen and oxygen atoms in total. The van der Waals surface area contributed by atoms with E-state index >= 15 is 0 Å². The first kappa shape index (κ1) is 18.5. The van der Waals surface area contributed by atoms with Crippen LogP contribution >= 0.6 is 23.1 Å². The van der Waals surface area contributed by atoms with Crippen LogP contribution in [0, 0.1) is 0 Å². The number of hydrogen-bond donors (Lipinski definition) is 2. The highest BCUT2D eigenvalue weighted by molar-refractivity contribution is 8.00. The minimum Gasteiger partial charge on any atom is -0.477 e. The summed E-state index contributed by atoms with van der Waals surface area (Å²) >= 11 is 2.86. The lowest BCUT2D eigenvalue weighted by atomic mass is 10.0. The van der Waals surface area contributed by atoms with Gasteiger partial charge in [0.05, 0.1) is 12.6 Å². The Morgan fingerprint density at radius 2 is 2.35 bits per heavy atom. The Hall–Kier alpha value is -2.33. The van der Waals surface area contributed by atoms with Crippen LogP contribution in [0.1, 0.15) is 11.8 Å². The average Bonchev–Trinajstić information content (AvgIpc) is 3.12. The maximum Gasteiger partial charge on any atom is 0.353 e. The van der Waals surface area contributed by atoms with Crippen molar-refractivity contribution in [3.63, 3.8) is 0 Å². The zero-order valence-corrected chi connectivity index (χ0v) is 15.5. The molecule has 1 saturated heterocycles. The van der Waals surface area contributed by atoms with Crippen LogP contribution in [0.3, 0.4) is 0 Å². The number of aliphatic carboxylic acids is 1. The SMILES string of the molecule is CCON=CC1=C(C(=O)O)N2C(=O)C(NC(=O)Cc3cccs3)[C@H]2SC1. The third kappa shape index (κ3) is 3.61. The number of β-lactam (4-membered cyclic amide) rings is 1. The van der Waals surface area contributed by atoms with Crippen LogP contribution in [0.5, 0.6) is 0 Å². The summed E-state index contributed by atoms with van der Waals surface area (Å²) in [6.45, 7) is 2.13. The monoisotopic (exact) mass is 395 g/mol. The number of nitrogens with one attached hydrogen (secondary N) is 1. The molecular formula is C16H17N3O5S2. The van der Waals surface area contributed by atoms with Crippen LogP contribution in [-0.4, -0.2) is 57.8 Å². The maximum atomic E-state index is 12.5. The number of rotatable bonds is 7. The molecule has 2 amide bonds. The number of thioether (sulfide) groups is 1. The zero-order valence-electron chi connectivity index (χ0n) is 13.9. The summed E-state index contributed by atoms with van der Waals surface area (Å²) in [6.07, 6.45) is 1.53. The largest absolute Gasteiger partial charge is 0.477 e. The highest BCUT2D eigenvalue weighted by Crippen LogP contribution is 2.39. The van der Waals surface area contributed by atoms with Gasteiger partial charge in [0.2, 0.25) is 5.91 Å². The van der Waals surface area contributed by atoms with Gasteiger partial charge in [0.25, 0.3) is 5.91 Å². The second-order valence-corrected chi connectivity index (χ2v) is 7.68. The number of carbonyl (C=O) groups excluding carboxylic acids is 2. The molecule has 1 aromatic rings. The number of carboxylic acid groups (broad SMARTS) is 1. The highest BCUT2D eigenvalue weighted by atomic mass is 32.2. The number of fused-ring (bicyclic) bond motifs is 1. The Morgan fingerprint density at radius 1 is 1.54 bits per heavy atom. The van der Waals surface area contributed by atoms with Gasteiger partial charge in [-0.3, -0.25) is 14.5 Å². The number of nitrogens with zero attached hydrogens (tertiary/aromatic N) is 2. The van der Waals surface area contributed by atoms with Gasteiger partial charge >= 0.3 is 5.97 Å². The number of carbonyl (C=O) groups is 3. The van der Waals surface area contributed by atoms with Crippen molar-refractivity contribution in [2.45, 2.75) is 24.8 Å². The van der Waals surface area contributed by atoms with E-state index in [0.29, 0.717) is 17.9 Å². The minimum absolute atomic E-state index is 0.106. The van der Waals surface area contributed by atoms with Crippen molar-refractivity contribution in [1.82, 2.24) is 10.2 Å². The number of thiophene rings is 1. The topological polar surface area (TPSA) is 108 Å². The molecule has 2 aliphatic rings. The lowest BCUT2D eigenvalue weighted by Gasteiger charge is -2.49. The van der Waals surface area contributed by atoms with E-state index in [1.54, 1.807) is 6.92 Å². The van der Waals surface area contributed by atoms with Gasteiger partial charge in [-0.2, -0.15) is 0 Å². The molecule has 0 aliphatic carbocycles. The first-order valence-electron chi connectivity index (χ1n) is 7.91. The average molecular weight is 395 g/mol. The van der Waals surface area contributed by atoms with Gasteiger partial charge in [-0.15, -0.1) is 23.1 Å². The summed E-state index contributed by atoms with van der Waals surface area (Å²) in [6, 6.07) is 2.99. The molecular weight excluding hydrogens is 378 g/mol. The first-order valence-corrected chi connectivity index (χ1v) is 9.84. The fourth-order valence-corrected chi connectivity index (χ4v) is 4.71. The second kappa shape index (κ2) is 7.92. The van der Waals surface area contributed by atoms with Crippen molar-refractivity contribution in [2.24, 2.45) is 5.16 Å². The van der Waals surface area contributed by atoms with Gasteiger partial charge in [0, 0.05) is 16.2 Å². The molecule has 3 rings (SSSR count). The van der Waals surface area contributed by atoms with Gasteiger partial charge in [0.15, 0.2) is 0 Å². The Bertz CT molecular complexity index is 775. The summed E-state index contributed by atoms with van der Waals surface area (Å²) in [7, 11) is 0. The quantitative estimate of drug-likeness (QED) is 0.406. The summed E-state index contributed by atoms with van der Waals surface area (Å²) in [4.78, 5) is 43.2. The van der Waals surface area contributed by atoms with Crippen molar-refractivity contribution in [3.05, 3.63) is 33.7 Å². The predicted molar refractivity (Wildman–Crippen MR) is 97.8 cm³/mol. The van der Waals surface area contributed by atoms with E-state index in [2.05, 4.69) is 10.5 Å². The van der Waals surface area contributed by atoms with Crippen molar-refractivity contribution in [1.29, 1.82) is 0 Å². The maximum absolute atomic E-state index is 12.5. The van der Waals surface area contributed by atoms with E-state index in [9.17, 15) is 19.5 Å². The van der Waals surface area contributed by atoms with Gasteiger partial charge in [-0.05, 0) is 18.4 Å². The number of carboxylic acids is 1. The van der Waals surface area contributed by atoms with Crippen LogP contribution in [0.4, 0.5) is 0 Å². The van der Waals surface area contributed by atoms with Gasteiger partial charge in [-0.25, -0.2) is 4.79 Å². The molecule has 2 aliphatic heterocycles. The van der Waals surface area contributed by atoms with E-state index < -0.39 is 23.3 Å². The predicted octanol–water partition coefficient (Wildman–Crippen LogP) is 1.05. The Kier molecular flexibility index (Phi) is 5.62. The first-order chi connectivity index (χ1) is 12.5. The molecule has 0 aromatic carbocycles. The van der Waals surface area contributed by atoms with E-state index in [1.165, 1.54) is 34.2 Å². The molecule has 2 atom stereocenters. The molecule has 10 heteroatoms. The van der Waals surface area contributed by atoms with Crippen LogP contribution in [-0.2, 0) is 25.6 Å². The molecule has 26 heavy (non-hydrogen) atoms. The Morgan fingerprint density at radius 3 is 3.00 bits per heavy atom. The van der Waals surface area contributed by atoms with Crippen molar-refractivity contribution in [3.8, 4) is 0 Å². The van der Waals surface area contributed by atoms with Crippen molar-refractivity contribution in [2.75, 3.05) is 12.4 Å². The van der Waals surface area contributed by atoms with Gasteiger partial charge in [-0.1, -0.05) is 11.2 Å². The molecule has 3 heterocycles. The molecule has 138 valence electrons. The van der Waals surface area contributed by atoms with Crippen LogP contribution in [0.2, 0.25) is 0 Å². The van der Waals surface area contributed by atoms with Gasteiger partial charge in [0.1, 0.15) is 23.7 Å². The molecule has 1 fully saturated rings. The molecule has 0 radical (unpaired) electrons. The highest BCUT2D eigenvalue weighted by Gasteiger charge is 2.54. The second-order valence-electron chi connectivity index (χ2n) is 5.54. The summed E-state index contributed by atoms with van der Waals surface area (Å²) in [5, 5.41) is 17.4. The van der Waals surface area contributed by atoms with Crippen LogP contribution in [0.15, 0.2) is 33.9 Å². The fourth-order valence-electron chi connectivity index (χ4n) is 2.71. The Labute approximate surface area is 157 Å². The number of hydrogen-bond acceptors (Lipinski definition) is 7. The van der Waals surface area contributed by atoms with Crippen LogP contribution < -0.4 is 5.32 Å². The van der Waals surface area contributed by atoms with Crippen LogP contribution in [0.25, 0.3) is 0 Å². The lowest BCUT2D eigenvalue weighted by Crippen LogP contribution is -2.70. The molecule has 2 N–H and O–H groups in total. The van der Waals surface area contributed by atoms with Gasteiger partial charge < -0.3 is 15.3 Å².